The van der Waals surface area contributed by atoms with Crippen LogP contribution in [-0.2, 0) is 19.6 Å². The molecule has 0 saturated heterocycles. The van der Waals surface area contributed by atoms with E-state index in [2.05, 4.69) is 0 Å². The standard InChI is InChI=1S/C24H23Cl2NO5/c1-15(2)32-22-6-4-3-5-21(22)31-14-20-18(25)13-19(26)23(28)27(20)12-11-16-7-9-17(10-8-16)24(29)30/h3-10,13,15H,11-12,14H2,1-2H3,(H,29,30). The third-order valence-electron chi connectivity index (χ3n) is 4.71. The van der Waals surface area contributed by atoms with Crippen LogP contribution < -0.4 is 15.0 Å². The summed E-state index contributed by atoms with van der Waals surface area (Å²) in [6.45, 7) is 4.19. The molecule has 1 N–H and O–H groups in total. The Morgan fingerprint density at radius 1 is 1.03 bits per heavy atom. The predicted molar refractivity (Wildman–Crippen MR) is 124 cm³/mol. The van der Waals surface area contributed by atoms with E-state index in [-0.39, 0.29) is 28.9 Å². The van der Waals surface area contributed by atoms with Gasteiger partial charge in [0.1, 0.15) is 11.6 Å². The summed E-state index contributed by atoms with van der Waals surface area (Å²) >= 11 is 12.5. The Morgan fingerprint density at radius 3 is 2.31 bits per heavy atom. The van der Waals surface area contributed by atoms with Gasteiger partial charge in [0.25, 0.3) is 5.56 Å². The van der Waals surface area contributed by atoms with Crippen molar-refractivity contribution in [1.29, 1.82) is 0 Å². The molecule has 6 nitrogen and oxygen atoms in total. The number of hydrogen-bond acceptors (Lipinski definition) is 4. The first-order valence-electron chi connectivity index (χ1n) is 10.0. The third kappa shape index (κ3) is 5.84. The van der Waals surface area contributed by atoms with Crippen molar-refractivity contribution in [2.75, 3.05) is 0 Å². The fourth-order valence-corrected chi connectivity index (χ4v) is 3.67. The molecule has 0 aliphatic heterocycles. The molecule has 1 aromatic heterocycles. The van der Waals surface area contributed by atoms with Crippen molar-refractivity contribution in [3.63, 3.8) is 0 Å². The van der Waals surface area contributed by atoms with Crippen molar-refractivity contribution in [3.8, 4) is 11.5 Å². The molecule has 0 amide bonds. The van der Waals surface area contributed by atoms with E-state index >= 15 is 0 Å². The molecule has 0 radical (unpaired) electrons. The lowest BCUT2D eigenvalue weighted by molar-refractivity contribution is 0.0697. The summed E-state index contributed by atoms with van der Waals surface area (Å²) in [6, 6.07) is 15.2. The van der Waals surface area contributed by atoms with Gasteiger partial charge in [0.2, 0.25) is 0 Å². The zero-order valence-corrected chi connectivity index (χ0v) is 19.2. The van der Waals surface area contributed by atoms with Gasteiger partial charge < -0.3 is 19.1 Å². The average molecular weight is 476 g/mol. The van der Waals surface area contributed by atoms with Crippen LogP contribution in [0.3, 0.4) is 0 Å². The smallest absolute Gasteiger partial charge is 0.335 e. The predicted octanol–water partition coefficient (Wildman–Crippen LogP) is 5.46. The Labute approximate surface area is 195 Å². The fraction of sp³-hybridized carbons (Fsp3) is 0.250. The topological polar surface area (TPSA) is 77.8 Å². The van der Waals surface area contributed by atoms with Crippen LogP contribution in [0.15, 0.2) is 59.4 Å². The zero-order chi connectivity index (χ0) is 23.3. The van der Waals surface area contributed by atoms with Gasteiger partial charge in [-0.05, 0) is 56.2 Å². The summed E-state index contributed by atoms with van der Waals surface area (Å²) in [5, 5.41) is 9.38. The molecule has 1 heterocycles. The van der Waals surface area contributed by atoms with Crippen LogP contribution in [0, 0.1) is 0 Å². The maximum Gasteiger partial charge on any atom is 0.335 e. The van der Waals surface area contributed by atoms with Gasteiger partial charge in [0.15, 0.2) is 11.5 Å². The molecule has 0 atom stereocenters. The van der Waals surface area contributed by atoms with Crippen LogP contribution in [0.1, 0.15) is 35.5 Å². The van der Waals surface area contributed by atoms with Gasteiger partial charge in [0.05, 0.1) is 22.4 Å². The summed E-state index contributed by atoms with van der Waals surface area (Å²) in [4.78, 5) is 23.8. The molecule has 2 aromatic carbocycles. The second-order valence-electron chi connectivity index (χ2n) is 7.40. The molecule has 32 heavy (non-hydrogen) atoms. The van der Waals surface area contributed by atoms with Crippen molar-refractivity contribution in [2.45, 2.75) is 39.5 Å². The van der Waals surface area contributed by atoms with E-state index in [0.717, 1.165) is 5.56 Å². The Hall–Kier alpha value is -2.96. The number of rotatable bonds is 9. The second kappa shape index (κ2) is 10.6. The first-order valence-corrected chi connectivity index (χ1v) is 10.8. The molecular weight excluding hydrogens is 453 g/mol. The first-order chi connectivity index (χ1) is 15.3. The van der Waals surface area contributed by atoms with Gasteiger partial charge in [-0.15, -0.1) is 0 Å². The number of halogens is 2. The van der Waals surface area contributed by atoms with E-state index in [4.69, 9.17) is 37.8 Å². The number of pyridine rings is 1. The second-order valence-corrected chi connectivity index (χ2v) is 8.21. The summed E-state index contributed by atoms with van der Waals surface area (Å²) in [5.74, 6) is 0.144. The molecule has 168 valence electrons. The monoisotopic (exact) mass is 475 g/mol. The molecule has 3 rings (SSSR count). The maximum atomic E-state index is 12.7. The summed E-state index contributed by atoms with van der Waals surface area (Å²) in [6.07, 6.45) is 0.459. The van der Waals surface area contributed by atoms with E-state index in [1.54, 1.807) is 18.2 Å². The van der Waals surface area contributed by atoms with E-state index in [0.29, 0.717) is 35.2 Å². The van der Waals surface area contributed by atoms with Crippen LogP contribution >= 0.6 is 23.2 Å². The van der Waals surface area contributed by atoms with Crippen LogP contribution in [0.5, 0.6) is 11.5 Å². The highest BCUT2D eigenvalue weighted by molar-refractivity contribution is 6.34. The van der Waals surface area contributed by atoms with Crippen molar-refractivity contribution in [3.05, 3.63) is 91.8 Å². The lowest BCUT2D eigenvalue weighted by Crippen LogP contribution is -2.26. The van der Waals surface area contributed by atoms with Gasteiger partial charge in [0, 0.05) is 6.54 Å². The number of aromatic nitrogens is 1. The Bertz CT molecular complexity index is 1160. The molecule has 3 aromatic rings. The van der Waals surface area contributed by atoms with Crippen molar-refractivity contribution >= 4 is 29.2 Å². The largest absolute Gasteiger partial charge is 0.487 e. The van der Waals surface area contributed by atoms with Gasteiger partial charge in [-0.3, -0.25) is 4.79 Å². The van der Waals surface area contributed by atoms with Crippen molar-refractivity contribution in [2.24, 2.45) is 0 Å². The quantitative estimate of drug-likeness (QED) is 0.444. The number of carboxylic acids is 1. The molecule has 0 saturated carbocycles. The maximum absolute atomic E-state index is 12.7. The number of para-hydroxylation sites is 2. The van der Waals surface area contributed by atoms with E-state index in [1.165, 1.54) is 22.8 Å². The number of aromatic carboxylic acids is 1. The van der Waals surface area contributed by atoms with E-state index in [9.17, 15) is 9.59 Å². The number of aryl methyl sites for hydroxylation is 1. The minimum Gasteiger partial charge on any atom is -0.487 e. The molecule has 0 fully saturated rings. The normalized spacial score (nSPS) is 10.9. The van der Waals surface area contributed by atoms with E-state index in [1.807, 2.05) is 32.0 Å². The highest BCUT2D eigenvalue weighted by Crippen LogP contribution is 2.29. The Kier molecular flexibility index (Phi) is 7.83. The van der Waals surface area contributed by atoms with Gasteiger partial charge in [-0.1, -0.05) is 47.5 Å². The summed E-state index contributed by atoms with van der Waals surface area (Å²) < 4.78 is 13.2. The third-order valence-corrected chi connectivity index (χ3v) is 5.30. The Morgan fingerprint density at radius 2 is 1.69 bits per heavy atom. The van der Waals surface area contributed by atoms with Crippen LogP contribution in [-0.4, -0.2) is 21.7 Å². The number of carboxylic acid groups (broad SMARTS) is 1. The molecule has 0 unspecified atom stereocenters. The lowest BCUT2D eigenvalue weighted by atomic mass is 10.1. The minimum atomic E-state index is -0.990. The molecule has 8 heteroatoms. The first kappa shape index (κ1) is 23.7. The van der Waals surface area contributed by atoms with Gasteiger partial charge >= 0.3 is 5.97 Å². The zero-order valence-electron chi connectivity index (χ0n) is 17.7. The number of carbonyl (C=O) groups is 1. The van der Waals surface area contributed by atoms with Crippen molar-refractivity contribution < 1.29 is 19.4 Å². The minimum absolute atomic E-state index is 0.0171. The number of hydrogen-bond donors (Lipinski definition) is 1. The van der Waals surface area contributed by atoms with Crippen molar-refractivity contribution in [1.82, 2.24) is 4.57 Å². The van der Waals surface area contributed by atoms with E-state index < -0.39 is 5.97 Å². The van der Waals surface area contributed by atoms with Crippen LogP contribution in [0.25, 0.3) is 0 Å². The van der Waals surface area contributed by atoms with Crippen LogP contribution in [0.2, 0.25) is 10.0 Å². The molecular formula is C24H23Cl2NO5. The SMILES string of the molecule is CC(C)Oc1ccccc1OCc1c(Cl)cc(Cl)c(=O)n1CCc1ccc(C(=O)O)cc1. The number of ether oxygens (including phenoxy) is 2. The highest BCUT2D eigenvalue weighted by atomic mass is 35.5. The van der Waals surface area contributed by atoms with Crippen LogP contribution in [0.4, 0.5) is 0 Å². The number of benzene rings is 2. The molecule has 0 aliphatic carbocycles. The lowest BCUT2D eigenvalue weighted by Gasteiger charge is -2.18. The molecule has 0 bridgehead atoms. The Balaban J connectivity index is 1.83. The van der Waals surface area contributed by atoms with Gasteiger partial charge in [-0.25, -0.2) is 4.79 Å². The summed E-state index contributed by atoms with van der Waals surface area (Å²) in [5.41, 5.74) is 1.19. The fourth-order valence-electron chi connectivity index (χ4n) is 3.14. The number of nitrogens with zero attached hydrogens (tertiary/aromatic N) is 1. The molecule has 0 spiro atoms. The summed E-state index contributed by atoms with van der Waals surface area (Å²) in [7, 11) is 0. The molecule has 0 aliphatic rings. The highest BCUT2D eigenvalue weighted by Gasteiger charge is 2.15. The van der Waals surface area contributed by atoms with Gasteiger partial charge in [-0.2, -0.15) is 0 Å². The average Bonchev–Trinajstić information content (AvgIpc) is 2.75.